The fourth-order valence-corrected chi connectivity index (χ4v) is 3.46. The molecule has 4 rings (SSSR count). The van der Waals surface area contributed by atoms with E-state index in [1.54, 1.807) is 0 Å². The molecule has 0 saturated heterocycles. The minimum absolute atomic E-state index is 0.0686. The first-order valence-corrected chi connectivity index (χ1v) is 7.68. The zero-order valence-corrected chi connectivity index (χ0v) is 12.9. The number of hydrogen-bond acceptors (Lipinski definition) is 1. The Bertz CT molecular complexity index is 858. The van der Waals surface area contributed by atoms with Crippen LogP contribution in [0.15, 0.2) is 42.5 Å². The van der Waals surface area contributed by atoms with Crippen LogP contribution < -0.4 is 4.74 Å². The Morgan fingerprint density at radius 3 is 2.43 bits per heavy atom. The van der Waals surface area contributed by atoms with Gasteiger partial charge < -0.3 is 4.74 Å². The van der Waals surface area contributed by atoms with Gasteiger partial charge in [-0.3, -0.25) is 0 Å². The fourth-order valence-electron chi connectivity index (χ4n) is 3.46. The lowest BCUT2D eigenvalue weighted by Gasteiger charge is -2.33. The largest absolute Gasteiger partial charge is 0.487 e. The van der Waals surface area contributed by atoms with Gasteiger partial charge in [-0.1, -0.05) is 36.4 Å². The summed E-state index contributed by atoms with van der Waals surface area (Å²) in [7, 11) is 0. The minimum Gasteiger partial charge on any atom is -0.487 e. The van der Waals surface area contributed by atoms with Crippen LogP contribution in [0.25, 0.3) is 21.5 Å². The highest BCUT2D eigenvalue weighted by molar-refractivity contribution is 6.11. The maximum atomic E-state index is 6.34. The van der Waals surface area contributed by atoms with Gasteiger partial charge in [0.25, 0.3) is 0 Å². The third-order valence-corrected chi connectivity index (χ3v) is 4.66. The van der Waals surface area contributed by atoms with E-state index in [-0.39, 0.29) is 5.60 Å². The number of rotatable bonds is 0. The molecule has 0 saturated carbocycles. The molecule has 1 aliphatic rings. The fraction of sp³-hybridized carbons (Fsp3) is 0.300. The smallest absolute Gasteiger partial charge is 0.131 e. The maximum Gasteiger partial charge on any atom is 0.131 e. The third-order valence-electron chi connectivity index (χ3n) is 4.66. The van der Waals surface area contributed by atoms with Crippen LogP contribution in [0.2, 0.25) is 0 Å². The SMILES string of the molecule is Cc1cc2c3c(ccc2c2ccccc12)CCC(C)(C)O3. The molecule has 0 spiro atoms. The molecule has 0 aromatic heterocycles. The summed E-state index contributed by atoms with van der Waals surface area (Å²) in [6, 6.07) is 15.4. The van der Waals surface area contributed by atoms with Crippen molar-refractivity contribution >= 4 is 21.5 Å². The summed E-state index contributed by atoms with van der Waals surface area (Å²) >= 11 is 0. The van der Waals surface area contributed by atoms with Gasteiger partial charge in [0, 0.05) is 5.39 Å². The third kappa shape index (κ3) is 1.91. The monoisotopic (exact) mass is 276 g/mol. The van der Waals surface area contributed by atoms with Crippen LogP contribution in [0.3, 0.4) is 0 Å². The molecule has 0 N–H and O–H groups in total. The van der Waals surface area contributed by atoms with Gasteiger partial charge in [0.15, 0.2) is 0 Å². The summed E-state index contributed by atoms with van der Waals surface area (Å²) in [6.45, 7) is 6.56. The summed E-state index contributed by atoms with van der Waals surface area (Å²) in [5, 5.41) is 5.21. The summed E-state index contributed by atoms with van der Waals surface area (Å²) in [4.78, 5) is 0. The molecule has 0 radical (unpaired) electrons. The molecule has 0 aliphatic carbocycles. The summed E-state index contributed by atoms with van der Waals surface area (Å²) in [5.41, 5.74) is 2.59. The zero-order chi connectivity index (χ0) is 14.6. The lowest BCUT2D eigenvalue weighted by Crippen LogP contribution is -2.32. The van der Waals surface area contributed by atoms with Crippen LogP contribution in [-0.4, -0.2) is 5.60 Å². The second-order valence-electron chi connectivity index (χ2n) is 6.75. The van der Waals surface area contributed by atoms with Crippen molar-refractivity contribution < 1.29 is 4.74 Å². The van der Waals surface area contributed by atoms with E-state index in [0.29, 0.717) is 0 Å². The first-order valence-electron chi connectivity index (χ1n) is 7.68. The summed E-state index contributed by atoms with van der Waals surface area (Å²) in [6.07, 6.45) is 2.18. The number of hydrogen-bond donors (Lipinski definition) is 0. The van der Waals surface area contributed by atoms with E-state index in [9.17, 15) is 0 Å². The molecule has 3 aromatic rings. The highest BCUT2D eigenvalue weighted by Crippen LogP contribution is 2.41. The lowest BCUT2D eigenvalue weighted by molar-refractivity contribution is 0.0869. The summed E-state index contributed by atoms with van der Waals surface area (Å²) < 4.78 is 6.34. The molecule has 0 atom stereocenters. The van der Waals surface area contributed by atoms with Gasteiger partial charge in [-0.2, -0.15) is 0 Å². The highest BCUT2D eigenvalue weighted by atomic mass is 16.5. The maximum absolute atomic E-state index is 6.34. The zero-order valence-electron chi connectivity index (χ0n) is 12.9. The van der Waals surface area contributed by atoms with Crippen LogP contribution >= 0.6 is 0 Å². The normalized spacial score (nSPS) is 16.7. The van der Waals surface area contributed by atoms with Crippen molar-refractivity contribution in [2.45, 2.75) is 39.2 Å². The number of ether oxygens (including phenoxy) is 1. The minimum atomic E-state index is -0.0686. The predicted molar refractivity (Wildman–Crippen MR) is 89.2 cm³/mol. The van der Waals surface area contributed by atoms with E-state index in [2.05, 4.69) is 63.2 Å². The van der Waals surface area contributed by atoms with E-state index in [0.717, 1.165) is 18.6 Å². The quantitative estimate of drug-likeness (QED) is 0.499. The van der Waals surface area contributed by atoms with E-state index in [1.165, 1.54) is 32.7 Å². The first-order chi connectivity index (χ1) is 10.1. The lowest BCUT2D eigenvalue weighted by atomic mass is 9.90. The average Bonchev–Trinajstić information content (AvgIpc) is 2.47. The molecule has 1 heteroatoms. The van der Waals surface area contributed by atoms with Crippen LogP contribution in [0.4, 0.5) is 0 Å². The number of aryl methyl sites for hydroxylation is 2. The molecule has 1 nitrogen and oxygen atoms in total. The molecule has 21 heavy (non-hydrogen) atoms. The van der Waals surface area contributed by atoms with Gasteiger partial charge in [-0.25, -0.2) is 0 Å². The molecule has 0 amide bonds. The van der Waals surface area contributed by atoms with Crippen LogP contribution in [0, 0.1) is 6.92 Å². The Labute approximate surface area is 125 Å². The molecular weight excluding hydrogens is 256 g/mol. The second-order valence-corrected chi connectivity index (χ2v) is 6.75. The molecule has 3 aromatic carbocycles. The van der Waals surface area contributed by atoms with Crippen molar-refractivity contribution in [2.75, 3.05) is 0 Å². The molecule has 106 valence electrons. The number of benzene rings is 3. The van der Waals surface area contributed by atoms with Crippen LogP contribution in [0.5, 0.6) is 5.75 Å². The number of fused-ring (bicyclic) bond motifs is 5. The van der Waals surface area contributed by atoms with Crippen molar-refractivity contribution in [3.63, 3.8) is 0 Å². The van der Waals surface area contributed by atoms with Crippen molar-refractivity contribution in [3.05, 3.63) is 53.6 Å². The standard InChI is InChI=1S/C20H20O/c1-13-12-18-17(16-7-5-4-6-15(13)16)9-8-14-10-11-20(2,3)21-19(14)18/h4-9,12H,10-11H2,1-3H3. The highest BCUT2D eigenvalue weighted by Gasteiger charge is 2.28. The van der Waals surface area contributed by atoms with Crippen molar-refractivity contribution in [3.8, 4) is 5.75 Å². The predicted octanol–water partition coefficient (Wildman–Crippen LogP) is 5.41. The van der Waals surface area contributed by atoms with E-state index in [4.69, 9.17) is 4.74 Å². The van der Waals surface area contributed by atoms with Crippen LogP contribution in [0.1, 0.15) is 31.4 Å². The van der Waals surface area contributed by atoms with Gasteiger partial charge in [0.05, 0.1) is 0 Å². The Morgan fingerprint density at radius 1 is 0.905 bits per heavy atom. The molecular formula is C20H20O. The molecule has 0 bridgehead atoms. The Morgan fingerprint density at radius 2 is 1.62 bits per heavy atom. The summed E-state index contributed by atoms with van der Waals surface area (Å²) in [5.74, 6) is 1.10. The van der Waals surface area contributed by atoms with Gasteiger partial charge in [-0.15, -0.1) is 0 Å². The van der Waals surface area contributed by atoms with E-state index >= 15 is 0 Å². The van der Waals surface area contributed by atoms with Crippen molar-refractivity contribution in [1.82, 2.24) is 0 Å². The van der Waals surface area contributed by atoms with Crippen molar-refractivity contribution in [1.29, 1.82) is 0 Å². The molecule has 1 heterocycles. The van der Waals surface area contributed by atoms with Crippen LogP contribution in [-0.2, 0) is 6.42 Å². The average molecular weight is 276 g/mol. The van der Waals surface area contributed by atoms with Gasteiger partial charge >= 0.3 is 0 Å². The van der Waals surface area contributed by atoms with Crippen molar-refractivity contribution in [2.24, 2.45) is 0 Å². The second kappa shape index (κ2) is 4.24. The Kier molecular flexibility index (Phi) is 2.56. The molecule has 0 fully saturated rings. The first kappa shape index (κ1) is 12.7. The van der Waals surface area contributed by atoms with E-state index in [1.807, 2.05) is 0 Å². The van der Waals surface area contributed by atoms with E-state index < -0.39 is 0 Å². The topological polar surface area (TPSA) is 9.23 Å². The molecule has 1 aliphatic heterocycles. The Hall–Kier alpha value is -2.02. The Balaban J connectivity index is 2.11. The van der Waals surface area contributed by atoms with Gasteiger partial charge in [0.1, 0.15) is 11.4 Å². The van der Waals surface area contributed by atoms with Gasteiger partial charge in [-0.05, 0) is 67.0 Å². The van der Waals surface area contributed by atoms with Gasteiger partial charge in [0.2, 0.25) is 0 Å². The molecule has 0 unspecified atom stereocenters.